The number of halogens is 2. The molecule has 1 fully saturated rings. The van der Waals surface area contributed by atoms with E-state index in [9.17, 15) is 9.59 Å². The van der Waals surface area contributed by atoms with Gasteiger partial charge >= 0.3 is 0 Å². The van der Waals surface area contributed by atoms with Gasteiger partial charge in [0.15, 0.2) is 5.11 Å². The highest BCUT2D eigenvalue weighted by atomic mass is 35.5. The molecule has 2 amide bonds. The fourth-order valence-corrected chi connectivity index (χ4v) is 4.61. The van der Waals surface area contributed by atoms with Gasteiger partial charge in [0.05, 0.1) is 16.4 Å². The van der Waals surface area contributed by atoms with Gasteiger partial charge in [-0.25, -0.2) is 0 Å². The first kappa shape index (κ1) is 23.2. The first-order chi connectivity index (χ1) is 15.6. The van der Waals surface area contributed by atoms with Gasteiger partial charge in [0.1, 0.15) is 5.57 Å². The second kappa shape index (κ2) is 8.78. The van der Waals surface area contributed by atoms with E-state index >= 15 is 0 Å². The van der Waals surface area contributed by atoms with E-state index in [1.165, 1.54) is 4.90 Å². The summed E-state index contributed by atoms with van der Waals surface area (Å²) in [5.41, 5.74) is 5.72. The highest BCUT2D eigenvalue weighted by Gasteiger charge is 2.35. The Bertz CT molecular complexity index is 1370. The average Bonchev–Trinajstić information content (AvgIpc) is 3.03. The normalized spacial score (nSPS) is 15.4. The first-order valence-electron chi connectivity index (χ1n) is 10.2. The van der Waals surface area contributed by atoms with Crippen molar-refractivity contribution < 1.29 is 9.59 Å². The van der Waals surface area contributed by atoms with Crippen LogP contribution >= 0.6 is 35.4 Å². The van der Waals surface area contributed by atoms with Crippen molar-refractivity contribution in [3.8, 4) is 5.69 Å². The predicted molar refractivity (Wildman–Crippen MR) is 137 cm³/mol. The van der Waals surface area contributed by atoms with Crippen LogP contribution in [-0.2, 0) is 9.59 Å². The van der Waals surface area contributed by atoms with Crippen LogP contribution in [0.15, 0.2) is 48.0 Å². The van der Waals surface area contributed by atoms with Crippen LogP contribution in [0.2, 0.25) is 10.0 Å². The maximum atomic E-state index is 13.5. The van der Waals surface area contributed by atoms with E-state index in [0.29, 0.717) is 15.7 Å². The quantitative estimate of drug-likeness (QED) is 0.280. The first-order valence-corrected chi connectivity index (χ1v) is 11.4. The van der Waals surface area contributed by atoms with Crippen molar-refractivity contribution in [1.82, 2.24) is 9.88 Å². The highest BCUT2D eigenvalue weighted by molar-refractivity contribution is 7.80. The summed E-state index contributed by atoms with van der Waals surface area (Å²) in [6.07, 6.45) is 1.59. The molecule has 0 aliphatic carbocycles. The van der Waals surface area contributed by atoms with E-state index in [2.05, 4.69) is 5.32 Å². The van der Waals surface area contributed by atoms with Gasteiger partial charge in [-0.1, -0.05) is 35.3 Å². The largest absolute Gasteiger partial charge is 0.316 e. The lowest BCUT2D eigenvalue weighted by Crippen LogP contribution is -2.54. The second-order valence-corrected chi connectivity index (χ2v) is 9.16. The summed E-state index contributed by atoms with van der Waals surface area (Å²) in [5.74, 6) is -1.000. The molecule has 1 aliphatic rings. The Morgan fingerprint density at radius 2 is 1.70 bits per heavy atom. The number of thiocarbonyl (C=S) groups is 1. The molecule has 2 aromatic carbocycles. The average molecular weight is 498 g/mol. The number of nitrogens with one attached hydrogen (secondary N) is 1. The number of rotatable bonds is 3. The predicted octanol–water partition coefficient (Wildman–Crippen LogP) is 5.85. The Morgan fingerprint density at radius 3 is 2.42 bits per heavy atom. The molecule has 8 heteroatoms. The molecule has 33 heavy (non-hydrogen) atoms. The minimum atomic E-state index is -0.530. The van der Waals surface area contributed by atoms with E-state index in [0.717, 1.165) is 33.8 Å². The summed E-state index contributed by atoms with van der Waals surface area (Å²) in [4.78, 5) is 27.6. The molecule has 0 unspecified atom stereocenters. The molecule has 0 spiro atoms. The van der Waals surface area contributed by atoms with Gasteiger partial charge in [0.2, 0.25) is 0 Å². The molecule has 2 heterocycles. The van der Waals surface area contributed by atoms with Crippen LogP contribution < -0.4 is 10.2 Å². The molecule has 0 bridgehead atoms. The Kier molecular flexibility index (Phi) is 6.18. The zero-order valence-corrected chi connectivity index (χ0v) is 20.8. The van der Waals surface area contributed by atoms with E-state index in [1.54, 1.807) is 24.3 Å². The van der Waals surface area contributed by atoms with E-state index in [4.69, 9.17) is 35.4 Å². The van der Waals surface area contributed by atoms with Crippen LogP contribution in [0.1, 0.15) is 28.1 Å². The summed E-state index contributed by atoms with van der Waals surface area (Å²) < 4.78 is 1.94. The van der Waals surface area contributed by atoms with Crippen molar-refractivity contribution in [3.05, 3.63) is 86.2 Å². The number of amides is 2. The maximum Gasteiger partial charge on any atom is 0.270 e. The molecule has 1 aliphatic heterocycles. The number of aryl methyl sites for hydroxylation is 2. The number of aromatic nitrogens is 1. The van der Waals surface area contributed by atoms with E-state index < -0.39 is 11.8 Å². The minimum Gasteiger partial charge on any atom is -0.316 e. The Labute approximate surface area is 207 Å². The summed E-state index contributed by atoms with van der Waals surface area (Å²) in [6, 6.07) is 12.8. The summed E-state index contributed by atoms with van der Waals surface area (Å²) in [6.45, 7) is 7.70. The van der Waals surface area contributed by atoms with Crippen molar-refractivity contribution in [2.24, 2.45) is 0 Å². The van der Waals surface area contributed by atoms with Crippen LogP contribution in [0.25, 0.3) is 11.8 Å². The number of carbonyl (C=O) groups excluding carboxylic acids is 2. The van der Waals surface area contributed by atoms with Crippen LogP contribution in [0.3, 0.4) is 0 Å². The molecule has 1 N–H and O–H groups in total. The molecule has 168 valence electrons. The molecule has 1 aromatic heterocycles. The van der Waals surface area contributed by atoms with Crippen LogP contribution in [0.5, 0.6) is 0 Å². The molecular formula is C25H21Cl2N3O2S. The van der Waals surface area contributed by atoms with Gasteiger partial charge in [-0.15, -0.1) is 0 Å². The van der Waals surface area contributed by atoms with E-state index in [-0.39, 0.29) is 10.7 Å². The zero-order valence-electron chi connectivity index (χ0n) is 18.5. The van der Waals surface area contributed by atoms with Gasteiger partial charge in [0, 0.05) is 16.4 Å². The molecule has 4 rings (SSSR count). The van der Waals surface area contributed by atoms with Gasteiger partial charge < -0.3 is 4.57 Å². The number of nitrogens with zero attached hydrogens (tertiary/aromatic N) is 2. The molecular weight excluding hydrogens is 477 g/mol. The van der Waals surface area contributed by atoms with Crippen molar-refractivity contribution in [1.29, 1.82) is 0 Å². The van der Waals surface area contributed by atoms with Crippen molar-refractivity contribution in [3.63, 3.8) is 0 Å². The van der Waals surface area contributed by atoms with Crippen LogP contribution in [-0.4, -0.2) is 21.5 Å². The molecule has 5 nitrogen and oxygen atoms in total. The number of hydrogen-bond donors (Lipinski definition) is 1. The van der Waals surface area contributed by atoms with Gasteiger partial charge in [-0.3, -0.25) is 19.8 Å². The second-order valence-electron chi connectivity index (χ2n) is 7.93. The Morgan fingerprint density at radius 1 is 0.970 bits per heavy atom. The standard InChI is InChI=1S/C25H21Cl2N3O2S/c1-13-6-5-7-21(15(13)3)30-24(32)19(23(31)28-25(30)33)11-17-10-14(2)29(16(17)4)22-12-18(26)8-9-20(22)27/h5-12H,1-4H3,(H,28,31,33)/b19-11+. The minimum absolute atomic E-state index is 0.00180. The van der Waals surface area contributed by atoms with Crippen molar-refractivity contribution in [2.45, 2.75) is 27.7 Å². The van der Waals surface area contributed by atoms with Crippen molar-refractivity contribution in [2.75, 3.05) is 4.90 Å². The summed E-state index contributed by atoms with van der Waals surface area (Å²) in [7, 11) is 0. The monoisotopic (exact) mass is 497 g/mol. The molecule has 0 radical (unpaired) electrons. The van der Waals surface area contributed by atoms with Gasteiger partial charge in [-0.2, -0.15) is 0 Å². The third-order valence-electron chi connectivity index (χ3n) is 5.84. The highest BCUT2D eigenvalue weighted by Crippen LogP contribution is 2.31. The fraction of sp³-hybridized carbons (Fsp3) is 0.160. The van der Waals surface area contributed by atoms with Crippen LogP contribution in [0.4, 0.5) is 5.69 Å². The Balaban J connectivity index is 1.81. The third kappa shape index (κ3) is 4.10. The SMILES string of the molecule is Cc1cccc(N2C(=O)/C(=C/c3cc(C)n(-c4cc(Cl)ccc4Cl)c3C)C(=O)NC2=S)c1C. The third-order valence-corrected chi connectivity index (χ3v) is 6.68. The van der Waals surface area contributed by atoms with Gasteiger partial charge in [-0.05, 0) is 93.0 Å². The fourth-order valence-electron chi connectivity index (χ4n) is 3.97. The Hall–Kier alpha value is -2.93. The zero-order chi connectivity index (χ0) is 24.0. The smallest absolute Gasteiger partial charge is 0.270 e. The molecule has 1 saturated heterocycles. The maximum absolute atomic E-state index is 13.5. The lowest BCUT2D eigenvalue weighted by Gasteiger charge is -2.30. The molecule has 3 aromatic rings. The van der Waals surface area contributed by atoms with Crippen LogP contribution in [0, 0.1) is 27.7 Å². The number of benzene rings is 2. The lowest BCUT2D eigenvalue weighted by atomic mass is 10.0. The lowest BCUT2D eigenvalue weighted by molar-refractivity contribution is -0.122. The summed E-state index contributed by atoms with van der Waals surface area (Å²) in [5, 5.41) is 3.81. The molecule has 0 saturated carbocycles. The number of hydrogen-bond acceptors (Lipinski definition) is 3. The number of anilines is 1. The van der Waals surface area contributed by atoms with Gasteiger partial charge in [0.25, 0.3) is 11.8 Å². The molecule has 0 atom stereocenters. The summed E-state index contributed by atoms with van der Waals surface area (Å²) >= 11 is 17.9. The van der Waals surface area contributed by atoms with Crippen molar-refractivity contribution >= 4 is 64.1 Å². The van der Waals surface area contributed by atoms with E-state index in [1.807, 2.05) is 56.5 Å². The topological polar surface area (TPSA) is 54.3 Å². The number of carbonyl (C=O) groups is 2.